The summed E-state index contributed by atoms with van der Waals surface area (Å²) in [5, 5.41) is 9.26. The normalized spacial score (nSPS) is 11.8. The number of hydrogen-bond donors (Lipinski definition) is 2. The van der Waals surface area contributed by atoms with Gasteiger partial charge in [-0.1, -0.05) is 6.07 Å². The van der Waals surface area contributed by atoms with Gasteiger partial charge in [-0.05, 0) is 61.5 Å². The van der Waals surface area contributed by atoms with Crippen LogP contribution < -0.4 is 4.72 Å². The zero-order valence-corrected chi connectivity index (χ0v) is 13.9. The molecule has 0 spiro atoms. The van der Waals surface area contributed by atoms with Crippen molar-refractivity contribution in [2.24, 2.45) is 0 Å². The Kier molecular flexibility index (Phi) is 7.02. The maximum absolute atomic E-state index is 12.3. The molecule has 0 unspecified atom stereocenters. The molecule has 0 aliphatic heterocycles. The van der Waals surface area contributed by atoms with Gasteiger partial charge in [0.15, 0.2) is 0 Å². The zero-order chi connectivity index (χ0) is 15.2. The molecule has 0 fully saturated rings. The van der Waals surface area contributed by atoms with Crippen molar-refractivity contribution in [2.45, 2.75) is 38.2 Å². The highest BCUT2D eigenvalue weighted by atomic mass is 32.2. The maximum Gasteiger partial charge on any atom is 0.240 e. The Balaban J connectivity index is 2.82. The Morgan fingerprint density at radius 1 is 1.20 bits per heavy atom. The van der Waals surface area contributed by atoms with E-state index < -0.39 is 10.0 Å². The molecule has 2 N–H and O–H groups in total. The molecule has 0 atom stereocenters. The van der Waals surface area contributed by atoms with Crippen molar-refractivity contribution in [1.82, 2.24) is 4.72 Å². The average molecular weight is 317 g/mol. The molecule has 0 amide bonds. The number of aliphatic hydroxyl groups is 1. The first-order valence-corrected chi connectivity index (χ1v) is 9.49. The van der Waals surface area contributed by atoms with E-state index in [-0.39, 0.29) is 11.5 Å². The molecule has 1 rings (SSSR count). The van der Waals surface area contributed by atoms with E-state index in [0.717, 1.165) is 24.2 Å². The zero-order valence-electron chi connectivity index (χ0n) is 12.3. The number of aryl methyl sites for hydroxylation is 2. The lowest BCUT2D eigenvalue weighted by molar-refractivity contribution is 0.280. The molecule has 1 aromatic rings. The molecule has 4 nitrogen and oxygen atoms in total. The van der Waals surface area contributed by atoms with E-state index in [0.29, 0.717) is 17.7 Å². The minimum Gasteiger partial charge on any atom is -0.392 e. The number of hydrogen-bond acceptors (Lipinski definition) is 4. The number of aliphatic hydroxyl groups excluding tert-OH is 1. The monoisotopic (exact) mass is 317 g/mol. The Labute approximate surface area is 126 Å². The Morgan fingerprint density at radius 3 is 2.50 bits per heavy atom. The minimum absolute atomic E-state index is 0.150. The van der Waals surface area contributed by atoms with Crippen molar-refractivity contribution in [3.05, 3.63) is 28.8 Å². The molecular formula is C14H23NO3S2. The van der Waals surface area contributed by atoms with Crippen LogP contribution in [0, 0.1) is 13.8 Å². The van der Waals surface area contributed by atoms with Crippen molar-refractivity contribution < 1.29 is 13.5 Å². The summed E-state index contributed by atoms with van der Waals surface area (Å²) < 4.78 is 27.2. The van der Waals surface area contributed by atoms with Crippen molar-refractivity contribution in [2.75, 3.05) is 18.6 Å². The van der Waals surface area contributed by atoms with Crippen molar-refractivity contribution in [1.29, 1.82) is 0 Å². The Morgan fingerprint density at radius 2 is 1.90 bits per heavy atom. The van der Waals surface area contributed by atoms with Crippen LogP contribution in [0.3, 0.4) is 0 Å². The Hall–Kier alpha value is -0.560. The third kappa shape index (κ3) is 4.77. The largest absolute Gasteiger partial charge is 0.392 e. The summed E-state index contributed by atoms with van der Waals surface area (Å²) in [6, 6.07) is 3.36. The van der Waals surface area contributed by atoms with E-state index in [1.807, 2.05) is 13.2 Å². The highest BCUT2D eigenvalue weighted by Crippen LogP contribution is 2.20. The first-order valence-electron chi connectivity index (χ1n) is 6.62. The van der Waals surface area contributed by atoms with Crippen LogP contribution in [0.5, 0.6) is 0 Å². The van der Waals surface area contributed by atoms with Gasteiger partial charge in [-0.2, -0.15) is 11.8 Å². The van der Waals surface area contributed by atoms with Crippen LogP contribution in [0.1, 0.15) is 29.5 Å². The molecule has 0 radical (unpaired) electrons. The summed E-state index contributed by atoms with van der Waals surface area (Å²) in [6.07, 6.45) is 3.87. The summed E-state index contributed by atoms with van der Waals surface area (Å²) >= 11 is 1.76. The number of rotatable bonds is 8. The maximum atomic E-state index is 12.3. The molecule has 0 bridgehead atoms. The second-order valence-electron chi connectivity index (χ2n) is 4.80. The average Bonchev–Trinajstić information content (AvgIpc) is 2.38. The molecule has 0 aliphatic rings. The lowest BCUT2D eigenvalue weighted by atomic mass is 10.1. The van der Waals surface area contributed by atoms with Gasteiger partial charge in [-0.15, -0.1) is 0 Å². The van der Waals surface area contributed by atoms with Gasteiger partial charge in [0, 0.05) is 6.54 Å². The number of unbranched alkanes of at least 4 members (excludes halogenated alkanes) is 1. The van der Waals surface area contributed by atoms with Gasteiger partial charge in [0.2, 0.25) is 10.0 Å². The molecule has 0 aromatic heterocycles. The molecular weight excluding hydrogens is 294 g/mol. The van der Waals surface area contributed by atoms with Gasteiger partial charge in [0.05, 0.1) is 11.5 Å². The third-order valence-electron chi connectivity index (χ3n) is 3.16. The van der Waals surface area contributed by atoms with Gasteiger partial charge >= 0.3 is 0 Å². The van der Waals surface area contributed by atoms with E-state index in [4.69, 9.17) is 0 Å². The summed E-state index contributed by atoms with van der Waals surface area (Å²) in [5.74, 6) is 1.04. The third-order valence-corrected chi connectivity index (χ3v) is 5.46. The Bertz CT molecular complexity index is 542. The minimum atomic E-state index is -3.50. The molecule has 0 saturated carbocycles. The van der Waals surface area contributed by atoms with Crippen LogP contribution in [-0.4, -0.2) is 32.1 Å². The number of sulfonamides is 1. The standard InChI is InChI=1S/C14H23NO3S2/c1-11-8-12(2)14(9-13(11)10-16)20(17,18)15-6-4-5-7-19-3/h8-9,15-16H,4-7,10H2,1-3H3. The summed E-state index contributed by atoms with van der Waals surface area (Å²) in [5.41, 5.74) is 2.26. The van der Waals surface area contributed by atoms with Gasteiger partial charge < -0.3 is 5.11 Å². The predicted octanol–water partition coefficient (Wildman–Crippen LogP) is 2.22. The first-order chi connectivity index (χ1) is 9.42. The lowest BCUT2D eigenvalue weighted by Gasteiger charge is -2.12. The van der Waals surface area contributed by atoms with Crippen LogP contribution in [0.25, 0.3) is 0 Å². The number of benzene rings is 1. The van der Waals surface area contributed by atoms with Gasteiger partial charge in [0.25, 0.3) is 0 Å². The number of thioether (sulfide) groups is 1. The second kappa shape index (κ2) is 8.02. The van der Waals surface area contributed by atoms with E-state index in [2.05, 4.69) is 4.72 Å². The molecule has 0 aliphatic carbocycles. The fourth-order valence-corrected chi connectivity index (χ4v) is 3.83. The van der Waals surface area contributed by atoms with E-state index >= 15 is 0 Å². The smallest absolute Gasteiger partial charge is 0.240 e. The topological polar surface area (TPSA) is 66.4 Å². The van der Waals surface area contributed by atoms with Crippen LogP contribution in [0.15, 0.2) is 17.0 Å². The van der Waals surface area contributed by atoms with Crippen molar-refractivity contribution >= 4 is 21.8 Å². The van der Waals surface area contributed by atoms with Crippen molar-refractivity contribution in [3.8, 4) is 0 Å². The predicted molar refractivity (Wildman–Crippen MR) is 84.6 cm³/mol. The van der Waals surface area contributed by atoms with E-state index in [1.54, 1.807) is 30.8 Å². The number of nitrogens with one attached hydrogen (secondary N) is 1. The summed E-state index contributed by atoms with van der Waals surface area (Å²) in [7, 11) is -3.50. The van der Waals surface area contributed by atoms with E-state index in [9.17, 15) is 13.5 Å². The van der Waals surface area contributed by atoms with E-state index in [1.165, 1.54) is 0 Å². The summed E-state index contributed by atoms with van der Waals surface area (Å²) in [6.45, 7) is 3.94. The highest BCUT2D eigenvalue weighted by molar-refractivity contribution is 7.98. The molecule has 6 heteroatoms. The van der Waals surface area contributed by atoms with Crippen LogP contribution in [0.4, 0.5) is 0 Å². The SMILES string of the molecule is CSCCCCNS(=O)(=O)c1cc(CO)c(C)cc1C. The first kappa shape index (κ1) is 17.5. The second-order valence-corrected chi connectivity index (χ2v) is 7.52. The van der Waals surface area contributed by atoms with Crippen LogP contribution in [0.2, 0.25) is 0 Å². The van der Waals surface area contributed by atoms with Gasteiger partial charge in [-0.25, -0.2) is 13.1 Å². The van der Waals surface area contributed by atoms with Crippen molar-refractivity contribution in [3.63, 3.8) is 0 Å². The van der Waals surface area contributed by atoms with Gasteiger partial charge in [0.1, 0.15) is 0 Å². The molecule has 0 heterocycles. The molecule has 20 heavy (non-hydrogen) atoms. The fraction of sp³-hybridized carbons (Fsp3) is 0.571. The molecule has 114 valence electrons. The quantitative estimate of drug-likeness (QED) is 0.722. The van der Waals surface area contributed by atoms with Crippen LogP contribution in [-0.2, 0) is 16.6 Å². The fourth-order valence-electron chi connectivity index (χ4n) is 1.99. The van der Waals surface area contributed by atoms with Gasteiger partial charge in [-0.3, -0.25) is 0 Å². The van der Waals surface area contributed by atoms with Crippen LogP contribution >= 0.6 is 11.8 Å². The molecule has 1 aromatic carbocycles. The molecule has 0 saturated heterocycles. The summed E-state index contributed by atoms with van der Waals surface area (Å²) in [4.78, 5) is 0.261. The lowest BCUT2D eigenvalue weighted by Crippen LogP contribution is -2.25. The highest BCUT2D eigenvalue weighted by Gasteiger charge is 2.17.